The molecule has 17 heavy (non-hydrogen) atoms. The van der Waals surface area contributed by atoms with Crippen LogP contribution in [0.1, 0.15) is 31.2 Å². The Morgan fingerprint density at radius 1 is 1.47 bits per heavy atom. The Morgan fingerprint density at radius 3 is 2.88 bits per heavy atom. The SMILES string of the molecule is CN(Cc1csc(Br)c1)C1CCCCC1CN. The van der Waals surface area contributed by atoms with Crippen LogP contribution < -0.4 is 5.73 Å². The van der Waals surface area contributed by atoms with E-state index in [1.54, 1.807) is 11.3 Å². The van der Waals surface area contributed by atoms with Crippen LogP contribution in [0.25, 0.3) is 0 Å². The molecule has 2 nitrogen and oxygen atoms in total. The van der Waals surface area contributed by atoms with E-state index in [9.17, 15) is 0 Å². The van der Waals surface area contributed by atoms with Gasteiger partial charge in [0, 0.05) is 12.6 Å². The Bertz CT molecular complexity index is 353. The van der Waals surface area contributed by atoms with Crippen molar-refractivity contribution in [1.29, 1.82) is 0 Å². The minimum atomic E-state index is 0.674. The van der Waals surface area contributed by atoms with Gasteiger partial charge in [-0.05, 0) is 65.3 Å². The molecule has 1 aliphatic rings. The van der Waals surface area contributed by atoms with E-state index < -0.39 is 0 Å². The summed E-state index contributed by atoms with van der Waals surface area (Å²) in [6.07, 6.45) is 5.33. The predicted molar refractivity (Wildman–Crippen MR) is 78.3 cm³/mol. The lowest BCUT2D eigenvalue weighted by Gasteiger charge is -2.37. The first-order valence-electron chi connectivity index (χ1n) is 6.34. The number of halogens is 1. The maximum absolute atomic E-state index is 5.90. The molecule has 1 aromatic rings. The lowest BCUT2D eigenvalue weighted by atomic mass is 9.83. The largest absolute Gasteiger partial charge is 0.330 e. The van der Waals surface area contributed by atoms with Gasteiger partial charge >= 0.3 is 0 Å². The highest BCUT2D eigenvalue weighted by atomic mass is 79.9. The van der Waals surface area contributed by atoms with Crippen LogP contribution in [0.2, 0.25) is 0 Å². The lowest BCUT2D eigenvalue weighted by Crippen LogP contribution is -2.42. The molecule has 1 fully saturated rings. The second-order valence-electron chi connectivity index (χ2n) is 5.02. The van der Waals surface area contributed by atoms with Crippen molar-refractivity contribution in [1.82, 2.24) is 4.90 Å². The van der Waals surface area contributed by atoms with Gasteiger partial charge in [-0.3, -0.25) is 4.90 Å². The first-order chi connectivity index (χ1) is 8.20. The van der Waals surface area contributed by atoms with Crippen LogP contribution in [0.4, 0.5) is 0 Å². The molecule has 96 valence electrons. The Morgan fingerprint density at radius 2 is 2.24 bits per heavy atom. The second kappa shape index (κ2) is 6.32. The fraction of sp³-hybridized carbons (Fsp3) is 0.692. The van der Waals surface area contributed by atoms with Crippen molar-refractivity contribution in [2.24, 2.45) is 11.7 Å². The molecule has 0 bridgehead atoms. The van der Waals surface area contributed by atoms with Gasteiger partial charge in [0.05, 0.1) is 3.79 Å². The predicted octanol–water partition coefficient (Wildman–Crippen LogP) is 3.46. The zero-order chi connectivity index (χ0) is 12.3. The summed E-state index contributed by atoms with van der Waals surface area (Å²) >= 11 is 5.29. The van der Waals surface area contributed by atoms with Crippen LogP contribution in [0.3, 0.4) is 0 Å². The first kappa shape index (κ1) is 13.5. The van der Waals surface area contributed by atoms with E-state index in [4.69, 9.17) is 5.73 Å². The molecule has 0 radical (unpaired) electrons. The molecule has 0 amide bonds. The minimum Gasteiger partial charge on any atom is -0.330 e. The molecule has 0 saturated heterocycles. The summed E-state index contributed by atoms with van der Waals surface area (Å²) in [4.78, 5) is 2.49. The number of hydrogen-bond donors (Lipinski definition) is 1. The van der Waals surface area contributed by atoms with Crippen molar-refractivity contribution in [3.8, 4) is 0 Å². The topological polar surface area (TPSA) is 29.3 Å². The molecule has 2 N–H and O–H groups in total. The summed E-state index contributed by atoms with van der Waals surface area (Å²) in [7, 11) is 2.24. The van der Waals surface area contributed by atoms with Crippen LogP contribution in [-0.2, 0) is 6.54 Å². The molecular weight excluding hydrogens is 296 g/mol. The van der Waals surface area contributed by atoms with Crippen LogP contribution >= 0.6 is 27.3 Å². The van der Waals surface area contributed by atoms with Gasteiger partial charge in [-0.1, -0.05) is 12.8 Å². The normalized spacial score (nSPS) is 25.4. The molecular formula is C13H21BrN2S. The minimum absolute atomic E-state index is 0.674. The average molecular weight is 317 g/mol. The van der Waals surface area contributed by atoms with Crippen LogP contribution in [0, 0.1) is 5.92 Å². The third kappa shape index (κ3) is 3.53. The van der Waals surface area contributed by atoms with Gasteiger partial charge < -0.3 is 5.73 Å². The smallest absolute Gasteiger partial charge is 0.0701 e. The van der Waals surface area contributed by atoms with Gasteiger partial charge in [0.25, 0.3) is 0 Å². The average Bonchev–Trinajstić information content (AvgIpc) is 2.74. The van der Waals surface area contributed by atoms with E-state index in [2.05, 4.69) is 39.3 Å². The Hall–Kier alpha value is 0.1000. The van der Waals surface area contributed by atoms with Crippen molar-refractivity contribution in [3.63, 3.8) is 0 Å². The highest BCUT2D eigenvalue weighted by Crippen LogP contribution is 2.29. The molecule has 0 aromatic carbocycles. The summed E-state index contributed by atoms with van der Waals surface area (Å²) in [5, 5.41) is 2.24. The molecule has 1 saturated carbocycles. The van der Waals surface area contributed by atoms with Crippen molar-refractivity contribution in [2.75, 3.05) is 13.6 Å². The quantitative estimate of drug-likeness (QED) is 0.921. The molecule has 2 atom stereocenters. The van der Waals surface area contributed by atoms with Gasteiger partial charge in [-0.25, -0.2) is 0 Å². The summed E-state index contributed by atoms with van der Waals surface area (Å²) in [5.41, 5.74) is 7.30. The molecule has 1 aliphatic carbocycles. The molecule has 0 spiro atoms. The van der Waals surface area contributed by atoms with E-state index in [0.29, 0.717) is 12.0 Å². The van der Waals surface area contributed by atoms with Crippen LogP contribution in [0.15, 0.2) is 15.2 Å². The molecule has 2 rings (SSSR count). The molecule has 1 heterocycles. The number of nitrogens with two attached hydrogens (primary N) is 1. The summed E-state index contributed by atoms with van der Waals surface area (Å²) in [6, 6.07) is 2.90. The summed E-state index contributed by atoms with van der Waals surface area (Å²) in [6.45, 7) is 1.88. The van der Waals surface area contributed by atoms with E-state index in [-0.39, 0.29) is 0 Å². The standard InChI is InChI=1S/C13H21BrN2S/c1-16(8-10-6-13(14)17-9-10)12-5-3-2-4-11(12)7-15/h6,9,11-12H,2-5,7-8,15H2,1H3. The van der Waals surface area contributed by atoms with Crippen LogP contribution in [0.5, 0.6) is 0 Å². The third-order valence-electron chi connectivity index (χ3n) is 3.79. The van der Waals surface area contributed by atoms with Gasteiger partial charge in [-0.15, -0.1) is 11.3 Å². The van der Waals surface area contributed by atoms with E-state index >= 15 is 0 Å². The number of hydrogen-bond acceptors (Lipinski definition) is 3. The van der Waals surface area contributed by atoms with Gasteiger partial charge in [-0.2, -0.15) is 0 Å². The van der Waals surface area contributed by atoms with Gasteiger partial charge in [0.15, 0.2) is 0 Å². The zero-order valence-corrected chi connectivity index (χ0v) is 12.8. The zero-order valence-electron chi connectivity index (χ0n) is 10.4. The highest BCUT2D eigenvalue weighted by molar-refractivity contribution is 9.11. The third-order valence-corrected chi connectivity index (χ3v) is 5.34. The van der Waals surface area contributed by atoms with Gasteiger partial charge in [0.2, 0.25) is 0 Å². The summed E-state index contributed by atoms with van der Waals surface area (Å²) < 4.78 is 1.22. The van der Waals surface area contributed by atoms with Crippen LogP contribution in [-0.4, -0.2) is 24.5 Å². The Labute approximate surface area is 116 Å². The first-order valence-corrected chi connectivity index (χ1v) is 8.01. The molecule has 2 unspecified atom stereocenters. The van der Waals surface area contributed by atoms with Crippen molar-refractivity contribution in [3.05, 3.63) is 20.8 Å². The Kier molecular flexibility index (Phi) is 5.03. The lowest BCUT2D eigenvalue weighted by molar-refractivity contribution is 0.127. The number of thiophene rings is 1. The van der Waals surface area contributed by atoms with E-state index in [0.717, 1.165) is 13.1 Å². The highest BCUT2D eigenvalue weighted by Gasteiger charge is 2.27. The van der Waals surface area contributed by atoms with E-state index in [1.807, 2.05) is 0 Å². The molecule has 1 aromatic heterocycles. The van der Waals surface area contributed by atoms with Gasteiger partial charge in [0.1, 0.15) is 0 Å². The molecule has 0 aliphatic heterocycles. The van der Waals surface area contributed by atoms with Crippen molar-refractivity contribution >= 4 is 27.3 Å². The Balaban J connectivity index is 1.95. The fourth-order valence-corrected chi connectivity index (χ4v) is 4.08. The van der Waals surface area contributed by atoms with Crippen molar-refractivity contribution in [2.45, 2.75) is 38.3 Å². The maximum Gasteiger partial charge on any atom is 0.0701 e. The fourth-order valence-electron chi connectivity index (χ4n) is 2.88. The maximum atomic E-state index is 5.90. The second-order valence-corrected chi connectivity index (χ2v) is 7.31. The van der Waals surface area contributed by atoms with Crippen molar-refractivity contribution < 1.29 is 0 Å². The molecule has 4 heteroatoms. The summed E-state index contributed by atoms with van der Waals surface area (Å²) in [5.74, 6) is 0.691. The van der Waals surface area contributed by atoms with E-state index in [1.165, 1.54) is 35.0 Å². The number of rotatable bonds is 4. The number of nitrogens with zero attached hydrogens (tertiary/aromatic N) is 1. The monoisotopic (exact) mass is 316 g/mol.